The first kappa shape index (κ1) is 11.6. The minimum Gasteiger partial charge on any atom is -0.337 e. The highest BCUT2D eigenvalue weighted by molar-refractivity contribution is 9.05. The van der Waals surface area contributed by atoms with Crippen LogP contribution in [0.2, 0.25) is 0 Å². The van der Waals surface area contributed by atoms with E-state index in [1.54, 1.807) is 17.7 Å². The Hall–Kier alpha value is 0.150. The lowest BCUT2D eigenvalue weighted by Crippen LogP contribution is -2.33. The van der Waals surface area contributed by atoms with Crippen LogP contribution in [0.25, 0.3) is 0 Å². The van der Waals surface area contributed by atoms with Crippen molar-refractivity contribution in [2.24, 2.45) is 0 Å². The van der Waals surface area contributed by atoms with E-state index in [0.717, 1.165) is 24.5 Å². The van der Waals surface area contributed by atoms with Crippen molar-refractivity contribution >= 4 is 49.7 Å². The van der Waals surface area contributed by atoms with Gasteiger partial charge >= 0.3 is 0 Å². The van der Waals surface area contributed by atoms with Gasteiger partial charge in [-0.3, -0.25) is 4.79 Å². The van der Waals surface area contributed by atoms with E-state index in [0.29, 0.717) is 0 Å². The highest BCUT2D eigenvalue weighted by atomic mass is 33.5. The minimum atomic E-state index is 0.145. The number of carbonyl (C=O) groups excluding carboxylic acids is 1. The van der Waals surface area contributed by atoms with Gasteiger partial charge in [-0.25, -0.2) is 0 Å². The Morgan fingerprint density at radius 2 is 2.47 bits per heavy atom. The highest BCUT2D eigenvalue weighted by Crippen LogP contribution is 2.39. The second-order valence-electron chi connectivity index (χ2n) is 3.24. The van der Waals surface area contributed by atoms with Crippen molar-refractivity contribution in [1.82, 2.24) is 9.27 Å². The van der Waals surface area contributed by atoms with Crippen LogP contribution in [0.5, 0.6) is 0 Å². The van der Waals surface area contributed by atoms with Gasteiger partial charge in [0.15, 0.2) is 0 Å². The first-order valence-corrected chi connectivity index (χ1v) is 8.41. The van der Waals surface area contributed by atoms with Crippen LogP contribution < -0.4 is 0 Å². The summed E-state index contributed by atoms with van der Waals surface area (Å²) < 4.78 is 4.38. The number of carbonyl (C=O) groups is 1. The maximum absolute atomic E-state index is 11.2. The molecule has 0 aromatic carbocycles. The lowest BCUT2D eigenvalue weighted by Gasteiger charge is -2.25. The third-order valence-corrected chi connectivity index (χ3v) is 5.28. The Labute approximate surface area is 105 Å². The van der Waals surface area contributed by atoms with E-state index >= 15 is 0 Å². The molecule has 1 aromatic heterocycles. The molecule has 0 saturated heterocycles. The molecule has 0 atom stereocenters. The van der Waals surface area contributed by atoms with Crippen molar-refractivity contribution in [1.29, 1.82) is 0 Å². The van der Waals surface area contributed by atoms with Crippen LogP contribution >= 0.6 is 43.8 Å². The topological polar surface area (TPSA) is 33.2 Å². The molecule has 0 unspecified atom stereocenters. The Kier molecular flexibility index (Phi) is 3.87. The molecule has 0 aliphatic carbocycles. The molecule has 2 rings (SSSR count). The molecule has 0 spiro atoms. The molecule has 0 N–H and O–H groups in total. The average Bonchev–Trinajstić information content (AvgIpc) is 2.61. The molecule has 0 bridgehead atoms. The predicted octanol–water partition coefficient (Wildman–Crippen LogP) is 2.63. The number of nitrogens with zero attached hydrogens (tertiary/aromatic N) is 2. The third kappa shape index (κ3) is 2.46. The average molecular weight is 278 g/mol. The van der Waals surface area contributed by atoms with Gasteiger partial charge in [0.05, 0.1) is 6.54 Å². The fourth-order valence-electron chi connectivity index (χ4n) is 1.57. The molecule has 1 aromatic rings. The molecule has 82 valence electrons. The van der Waals surface area contributed by atoms with E-state index in [-0.39, 0.29) is 5.91 Å². The zero-order valence-electron chi connectivity index (χ0n) is 8.10. The maximum atomic E-state index is 11.2. The molecule has 0 fully saturated rings. The summed E-state index contributed by atoms with van der Waals surface area (Å²) in [7, 11) is 3.00. The number of hydrogen-bond donors (Lipinski definition) is 1. The van der Waals surface area contributed by atoms with Crippen LogP contribution in [-0.2, 0) is 17.8 Å². The van der Waals surface area contributed by atoms with Gasteiger partial charge in [-0.05, 0) is 38.6 Å². The Bertz CT molecular complexity index is 379. The highest BCUT2D eigenvalue weighted by Gasteiger charge is 2.23. The molecule has 2 heterocycles. The molecular formula is C8H10N2OS4. The third-order valence-electron chi connectivity index (χ3n) is 2.36. The van der Waals surface area contributed by atoms with Gasteiger partial charge in [-0.15, -0.1) is 0 Å². The predicted molar refractivity (Wildman–Crippen MR) is 69.3 cm³/mol. The summed E-state index contributed by atoms with van der Waals surface area (Å²) >= 11 is 5.61. The van der Waals surface area contributed by atoms with Gasteiger partial charge in [0.1, 0.15) is 5.03 Å². The molecule has 1 aliphatic rings. The number of aromatic nitrogens is 1. The van der Waals surface area contributed by atoms with Crippen LogP contribution in [0.1, 0.15) is 17.4 Å². The number of thiol groups is 1. The molecule has 15 heavy (non-hydrogen) atoms. The Morgan fingerprint density at radius 3 is 3.13 bits per heavy atom. The van der Waals surface area contributed by atoms with Crippen molar-refractivity contribution in [2.45, 2.75) is 24.9 Å². The summed E-state index contributed by atoms with van der Waals surface area (Å²) in [4.78, 5) is 14.3. The summed E-state index contributed by atoms with van der Waals surface area (Å²) in [5.41, 5.74) is 1.31. The Morgan fingerprint density at radius 1 is 1.67 bits per heavy atom. The summed E-state index contributed by atoms with van der Waals surface area (Å²) in [6, 6.07) is 0. The van der Waals surface area contributed by atoms with Crippen molar-refractivity contribution < 1.29 is 4.79 Å². The van der Waals surface area contributed by atoms with Crippen LogP contribution in [-0.4, -0.2) is 21.7 Å². The monoisotopic (exact) mass is 278 g/mol. The van der Waals surface area contributed by atoms with Crippen molar-refractivity contribution in [3.05, 3.63) is 10.4 Å². The zero-order valence-corrected chi connectivity index (χ0v) is 11.4. The first-order valence-electron chi connectivity index (χ1n) is 4.43. The number of hydrogen-bond acceptors (Lipinski definition) is 6. The number of fused-ring (bicyclic) bond motifs is 1. The van der Waals surface area contributed by atoms with E-state index in [1.165, 1.54) is 31.8 Å². The van der Waals surface area contributed by atoms with E-state index in [9.17, 15) is 4.79 Å². The molecule has 1 amide bonds. The number of rotatable bonds is 2. The number of amides is 1. The van der Waals surface area contributed by atoms with Gasteiger partial charge in [0.2, 0.25) is 5.91 Å². The maximum Gasteiger partial charge on any atom is 0.219 e. The van der Waals surface area contributed by atoms with E-state index in [4.69, 9.17) is 0 Å². The molecule has 7 heteroatoms. The molecule has 0 saturated carbocycles. The normalized spacial score (nSPS) is 15.2. The zero-order chi connectivity index (χ0) is 10.8. The van der Waals surface area contributed by atoms with Gasteiger partial charge in [-0.2, -0.15) is 4.37 Å². The smallest absolute Gasteiger partial charge is 0.219 e. The van der Waals surface area contributed by atoms with E-state index < -0.39 is 0 Å². The van der Waals surface area contributed by atoms with Gasteiger partial charge in [0, 0.05) is 23.9 Å². The minimum absolute atomic E-state index is 0.145. The van der Waals surface area contributed by atoms with Gasteiger partial charge in [0.25, 0.3) is 0 Å². The lowest BCUT2D eigenvalue weighted by atomic mass is 10.1. The van der Waals surface area contributed by atoms with Crippen LogP contribution in [0, 0.1) is 0 Å². The summed E-state index contributed by atoms with van der Waals surface area (Å²) in [5, 5.41) is 1.07. The second kappa shape index (κ2) is 4.99. The fraction of sp³-hybridized carbons (Fsp3) is 0.500. The Balaban J connectivity index is 2.18. The van der Waals surface area contributed by atoms with Crippen LogP contribution in [0.4, 0.5) is 0 Å². The largest absolute Gasteiger partial charge is 0.337 e. The first-order chi connectivity index (χ1) is 7.22. The summed E-state index contributed by atoms with van der Waals surface area (Å²) in [6.45, 7) is 3.15. The van der Waals surface area contributed by atoms with E-state index in [2.05, 4.69) is 16.0 Å². The van der Waals surface area contributed by atoms with Crippen LogP contribution in [0.15, 0.2) is 5.03 Å². The van der Waals surface area contributed by atoms with Crippen molar-refractivity contribution in [2.75, 3.05) is 6.54 Å². The summed E-state index contributed by atoms with van der Waals surface area (Å²) in [6.07, 6.45) is 0.919. The molecule has 3 nitrogen and oxygen atoms in total. The molecular weight excluding hydrogens is 268 g/mol. The van der Waals surface area contributed by atoms with Crippen LogP contribution in [0.3, 0.4) is 0 Å². The molecule has 0 radical (unpaired) electrons. The molecule has 1 aliphatic heterocycles. The summed E-state index contributed by atoms with van der Waals surface area (Å²) in [5.74, 6) is 0.145. The van der Waals surface area contributed by atoms with E-state index in [1.807, 2.05) is 4.90 Å². The SMILES string of the molecule is CC(=O)N1CCc2c(SSS)nsc2C1. The van der Waals surface area contributed by atoms with Gasteiger partial charge < -0.3 is 4.90 Å². The standard InChI is InChI=1S/C8H10N2OS4/c1-5(11)10-3-2-6-7(4-10)13-9-8(6)14-15-12/h12H,2-4H2,1H3. The fourth-order valence-corrected chi connectivity index (χ4v) is 4.51. The lowest BCUT2D eigenvalue weighted by molar-refractivity contribution is -0.129. The van der Waals surface area contributed by atoms with Gasteiger partial charge in [-0.1, -0.05) is 11.7 Å². The van der Waals surface area contributed by atoms with Crippen molar-refractivity contribution in [3.63, 3.8) is 0 Å². The second-order valence-corrected chi connectivity index (χ2v) is 7.09. The van der Waals surface area contributed by atoms with Crippen molar-refractivity contribution in [3.8, 4) is 0 Å². The quantitative estimate of drug-likeness (QED) is 0.666.